The van der Waals surface area contributed by atoms with Crippen molar-refractivity contribution in [3.8, 4) is 0 Å². The number of amides is 1. The lowest BCUT2D eigenvalue weighted by molar-refractivity contribution is 0.0756. The zero-order chi connectivity index (χ0) is 19.3. The van der Waals surface area contributed by atoms with Gasteiger partial charge in [-0.25, -0.2) is 4.79 Å². The van der Waals surface area contributed by atoms with Gasteiger partial charge in [0.05, 0.1) is 12.3 Å². The molecule has 4 heterocycles. The average molecular weight is 383 g/mol. The molecule has 28 heavy (non-hydrogen) atoms. The van der Waals surface area contributed by atoms with E-state index in [9.17, 15) is 9.59 Å². The molecule has 2 aromatic heterocycles. The molecule has 2 fully saturated rings. The highest BCUT2D eigenvalue weighted by molar-refractivity contribution is 5.95. The number of hydrogen-bond acceptors (Lipinski definition) is 5. The minimum atomic E-state index is -0.532. The lowest BCUT2D eigenvalue weighted by Gasteiger charge is -2.21. The summed E-state index contributed by atoms with van der Waals surface area (Å²) in [5.74, 6) is 1.09. The fourth-order valence-electron chi connectivity index (χ4n) is 4.41. The third-order valence-corrected chi connectivity index (χ3v) is 6.21. The molecule has 148 valence electrons. The monoisotopic (exact) mass is 383 g/mol. The molecule has 1 amide bonds. The van der Waals surface area contributed by atoms with E-state index in [0.717, 1.165) is 25.0 Å². The first-order valence-corrected chi connectivity index (χ1v) is 10.2. The van der Waals surface area contributed by atoms with Gasteiger partial charge in [0.25, 0.3) is 5.91 Å². The summed E-state index contributed by atoms with van der Waals surface area (Å²) in [6.45, 7) is 4.24. The molecule has 1 saturated heterocycles. The Morgan fingerprint density at radius 3 is 2.75 bits per heavy atom. The van der Waals surface area contributed by atoms with Crippen LogP contribution in [0.25, 0.3) is 0 Å². The average Bonchev–Trinajstić information content (AvgIpc) is 3.28. The number of rotatable bonds is 3. The van der Waals surface area contributed by atoms with E-state index in [1.807, 2.05) is 13.0 Å². The Bertz CT molecular complexity index is 967. The Labute approximate surface area is 163 Å². The van der Waals surface area contributed by atoms with Gasteiger partial charge in [-0.15, -0.1) is 0 Å². The second-order valence-electron chi connectivity index (χ2n) is 8.19. The minimum absolute atomic E-state index is 0.104. The second-order valence-corrected chi connectivity index (χ2v) is 8.19. The zero-order valence-electron chi connectivity index (χ0n) is 16.1. The summed E-state index contributed by atoms with van der Waals surface area (Å²) >= 11 is 0. The van der Waals surface area contributed by atoms with Crippen LogP contribution in [0.4, 0.5) is 0 Å². The van der Waals surface area contributed by atoms with E-state index < -0.39 is 5.63 Å². The maximum Gasteiger partial charge on any atom is 0.349 e. The largest absolute Gasteiger partial charge is 0.427 e. The Kier molecular flexibility index (Phi) is 4.34. The molecule has 5 rings (SSSR count). The van der Waals surface area contributed by atoms with Crippen molar-refractivity contribution in [1.82, 2.24) is 15.1 Å². The van der Waals surface area contributed by atoms with Gasteiger partial charge in [-0.1, -0.05) is 0 Å². The Morgan fingerprint density at radius 2 is 2.04 bits per heavy atom. The van der Waals surface area contributed by atoms with Crippen molar-refractivity contribution in [1.29, 1.82) is 0 Å². The number of carbonyl (C=O) groups is 1. The third-order valence-electron chi connectivity index (χ3n) is 6.21. The van der Waals surface area contributed by atoms with Crippen LogP contribution in [0.5, 0.6) is 0 Å². The molecule has 1 unspecified atom stereocenters. The first kappa shape index (κ1) is 17.7. The first-order chi connectivity index (χ1) is 13.6. The molecule has 0 spiro atoms. The highest BCUT2D eigenvalue weighted by Crippen LogP contribution is 2.41. The molecule has 7 heteroatoms. The standard InChI is InChI=1S/C21H25N3O4/c1-12-10-17(14-6-9-27-11-14)28-21(26)18(12)20(25)24-7-4-15-16(5-8-24)22-23-19(15)13-2-3-13/h10,13-14H,2-9,11H2,1H3,(H,22,23). The van der Waals surface area contributed by atoms with E-state index >= 15 is 0 Å². The highest BCUT2D eigenvalue weighted by Gasteiger charge is 2.32. The van der Waals surface area contributed by atoms with Crippen molar-refractivity contribution < 1.29 is 13.9 Å². The maximum atomic E-state index is 13.1. The molecular weight excluding hydrogens is 358 g/mol. The van der Waals surface area contributed by atoms with Crippen LogP contribution in [0, 0.1) is 6.92 Å². The molecule has 1 saturated carbocycles. The van der Waals surface area contributed by atoms with Crippen LogP contribution in [0.1, 0.15) is 69.7 Å². The van der Waals surface area contributed by atoms with Gasteiger partial charge in [-0.2, -0.15) is 5.10 Å². The number of aryl methyl sites for hydroxylation is 1. The third kappa shape index (κ3) is 3.07. The summed E-state index contributed by atoms with van der Waals surface area (Å²) in [5, 5.41) is 7.67. The van der Waals surface area contributed by atoms with E-state index in [-0.39, 0.29) is 17.4 Å². The number of ether oxygens (including phenoxy) is 1. The van der Waals surface area contributed by atoms with Gasteiger partial charge in [0.1, 0.15) is 11.3 Å². The topological polar surface area (TPSA) is 88.4 Å². The number of hydrogen-bond donors (Lipinski definition) is 1. The van der Waals surface area contributed by atoms with Crippen LogP contribution in [-0.4, -0.2) is 47.3 Å². The number of fused-ring (bicyclic) bond motifs is 1. The summed E-state index contributed by atoms with van der Waals surface area (Å²) in [6, 6.07) is 1.84. The van der Waals surface area contributed by atoms with E-state index in [4.69, 9.17) is 9.15 Å². The van der Waals surface area contributed by atoms with Gasteiger partial charge >= 0.3 is 5.63 Å². The Balaban J connectivity index is 1.37. The summed E-state index contributed by atoms with van der Waals surface area (Å²) in [5.41, 5.74) is 3.91. The fourth-order valence-corrected chi connectivity index (χ4v) is 4.41. The normalized spacial score (nSPS) is 22.2. The summed E-state index contributed by atoms with van der Waals surface area (Å²) in [7, 11) is 0. The zero-order valence-corrected chi connectivity index (χ0v) is 16.1. The number of carbonyl (C=O) groups excluding carboxylic acids is 1. The fraction of sp³-hybridized carbons (Fsp3) is 0.571. The molecule has 2 aliphatic heterocycles. The van der Waals surface area contributed by atoms with Crippen LogP contribution < -0.4 is 5.63 Å². The molecule has 3 aliphatic rings. The van der Waals surface area contributed by atoms with E-state index in [0.29, 0.717) is 43.5 Å². The SMILES string of the molecule is Cc1cc(C2CCOC2)oc(=O)c1C(=O)N1CCc2[nH]nc(C3CC3)c2CC1. The van der Waals surface area contributed by atoms with E-state index in [1.165, 1.54) is 24.1 Å². The second kappa shape index (κ2) is 6.88. The van der Waals surface area contributed by atoms with Crippen LogP contribution >= 0.6 is 0 Å². The van der Waals surface area contributed by atoms with Gasteiger partial charge in [0.15, 0.2) is 0 Å². The van der Waals surface area contributed by atoms with E-state index in [1.54, 1.807) is 4.90 Å². The summed E-state index contributed by atoms with van der Waals surface area (Å²) in [4.78, 5) is 27.6. The van der Waals surface area contributed by atoms with Crippen molar-refractivity contribution >= 4 is 5.91 Å². The lowest BCUT2D eigenvalue weighted by Crippen LogP contribution is -2.37. The number of aromatic nitrogens is 2. The van der Waals surface area contributed by atoms with Crippen molar-refractivity contribution in [2.24, 2.45) is 0 Å². The van der Waals surface area contributed by atoms with Crippen LogP contribution in [0.2, 0.25) is 0 Å². The number of aromatic amines is 1. The van der Waals surface area contributed by atoms with Gasteiger partial charge in [0, 0.05) is 43.6 Å². The Hall–Kier alpha value is -2.41. The molecule has 0 aromatic carbocycles. The molecule has 7 nitrogen and oxygen atoms in total. The highest BCUT2D eigenvalue weighted by atomic mass is 16.5. The molecule has 1 aliphatic carbocycles. The van der Waals surface area contributed by atoms with E-state index in [2.05, 4.69) is 10.2 Å². The van der Waals surface area contributed by atoms with Crippen molar-refractivity contribution in [3.63, 3.8) is 0 Å². The first-order valence-electron chi connectivity index (χ1n) is 10.2. The van der Waals surface area contributed by atoms with Crippen LogP contribution in [-0.2, 0) is 17.6 Å². The molecule has 0 bridgehead atoms. The lowest BCUT2D eigenvalue weighted by atomic mass is 10.0. The predicted molar refractivity (Wildman–Crippen MR) is 102 cm³/mol. The van der Waals surface area contributed by atoms with Gasteiger partial charge < -0.3 is 14.1 Å². The number of nitrogens with zero attached hydrogens (tertiary/aromatic N) is 2. The van der Waals surface area contributed by atoms with Crippen molar-refractivity contribution in [3.05, 3.63) is 50.3 Å². The number of nitrogens with one attached hydrogen (secondary N) is 1. The number of H-pyrrole nitrogens is 1. The maximum absolute atomic E-state index is 13.1. The van der Waals surface area contributed by atoms with Crippen LogP contribution in [0.3, 0.4) is 0 Å². The van der Waals surface area contributed by atoms with Crippen molar-refractivity contribution in [2.45, 2.75) is 50.9 Å². The molecular formula is C21H25N3O4. The molecule has 0 radical (unpaired) electrons. The van der Waals surface area contributed by atoms with Gasteiger partial charge in [0.2, 0.25) is 0 Å². The van der Waals surface area contributed by atoms with Gasteiger partial charge in [-0.3, -0.25) is 9.89 Å². The minimum Gasteiger partial charge on any atom is -0.427 e. The van der Waals surface area contributed by atoms with Crippen LogP contribution in [0.15, 0.2) is 15.3 Å². The quantitative estimate of drug-likeness (QED) is 0.879. The predicted octanol–water partition coefficient (Wildman–Crippen LogP) is 2.29. The van der Waals surface area contributed by atoms with Gasteiger partial charge in [-0.05, 0) is 49.8 Å². The molecule has 1 N–H and O–H groups in total. The molecule has 2 aromatic rings. The summed E-state index contributed by atoms with van der Waals surface area (Å²) in [6.07, 6.45) is 4.78. The molecule has 1 atom stereocenters. The Morgan fingerprint density at radius 1 is 1.21 bits per heavy atom. The van der Waals surface area contributed by atoms with Crippen molar-refractivity contribution in [2.75, 3.05) is 26.3 Å². The smallest absolute Gasteiger partial charge is 0.349 e. The summed E-state index contributed by atoms with van der Waals surface area (Å²) < 4.78 is 10.9.